The third kappa shape index (κ3) is 3.89. The van der Waals surface area contributed by atoms with Crippen molar-refractivity contribution in [3.05, 3.63) is 86.6 Å². The van der Waals surface area contributed by atoms with Gasteiger partial charge in [0.05, 0.1) is 31.3 Å². The number of benzene rings is 1. The van der Waals surface area contributed by atoms with Gasteiger partial charge in [0.1, 0.15) is 12.4 Å². The Morgan fingerprint density at radius 1 is 0.923 bits per heavy atom. The van der Waals surface area contributed by atoms with E-state index in [2.05, 4.69) is 13.2 Å². The van der Waals surface area contributed by atoms with Gasteiger partial charge in [0.2, 0.25) is 0 Å². The first-order valence-corrected chi connectivity index (χ1v) is 7.82. The van der Waals surface area contributed by atoms with Gasteiger partial charge in [0.25, 0.3) is 0 Å². The van der Waals surface area contributed by atoms with Gasteiger partial charge >= 0.3 is 17.1 Å². The molecule has 0 aliphatic rings. The Balaban J connectivity index is 2.30. The maximum Gasteiger partial charge on any atom is 0.336 e. The van der Waals surface area contributed by atoms with E-state index in [1.165, 1.54) is 12.2 Å². The second kappa shape index (κ2) is 8.48. The van der Waals surface area contributed by atoms with Crippen LogP contribution in [0.3, 0.4) is 0 Å². The van der Waals surface area contributed by atoms with E-state index in [1.54, 1.807) is 24.3 Å². The molecule has 8 heteroatoms. The number of hydrogen-bond donors (Lipinski definition) is 0. The van der Waals surface area contributed by atoms with Crippen molar-refractivity contribution in [2.24, 2.45) is 0 Å². The minimum atomic E-state index is -0.719. The first kappa shape index (κ1) is 18.7. The molecule has 134 valence electrons. The molecule has 0 radical (unpaired) electrons. The molecular weight excluding hydrogens is 336 g/mol. The quantitative estimate of drug-likeness (QED) is 0.643. The average Bonchev–Trinajstić information content (AvgIpc) is 2.65. The smallest absolute Gasteiger partial charge is 0.336 e. The van der Waals surface area contributed by atoms with Crippen LogP contribution in [-0.2, 0) is 19.6 Å². The number of hydrogen-bond acceptors (Lipinski definition) is 5. The van der Waals surface area contributed by atoms with E-state index in [0.717, 1.165) is 13.7 Å². The number of allylic oxidation sites excluding steroid dienone is 2. The highest BCUT2D eigenvalue weighted by Crippen LogP contribution is 2.11. The normalized spacial score (nSPS) is 10.1. The Kier molecular flexibility index (Phi) is 6.11. The van der Waals surface area contributed by atoms with E-state index in [4.69, 9.17) is 10.00 Å². The molecule has 0 aliphatic carbocycles. The topological polar surface area (TPSA) is 99.0 Å². The lowest BCUT2D eigenvalue weighted by Crippen LogP contribution is -2.54. The van der Waals surface area contributed by atoms with Crippen molar-refractivity contribution in [2.75, 3.05) is 6.61 Å². The lowest BCUT2D eigenvalue weighted by Gasteiger charge is -2.12. The zero-order valence-corrected chi connectivity index (χ0v) is 14.1. The molecule has 0 atom stereocenters. The summed E-state index contributed by atoms with van der Waals surface area (Å²) in [6, 6.07) is 8.44. The molecule has 0 N–H and O–H groups in total. The molecule has 1 heterocycles. The molecule has 1 aromatic carbocycles. The fourth-order valence-corrected chi connectivity index (χ4v) is 2.32. The molecule has 0 aliphatic heterocycles. The highest BCUT2D eigenvalue weighted by Gasteiger charge is 2.14. The first-order valence-electron chi connectivity index (χ1n) is 7.82. The third-order valence-electron chi connectivity index (χ3n) is 3.58. The first-order chi connectivity index (χ1) is 12.5. The van der Waals surface area contributed by atoms with Crippen LogP contribution in [0.5, 0.6) is 5.75 Å². The summed E-state index contributed by atoms with van der Waals surface area (Å²) in [6.07, 6.45) is 2.81. The predicted octanol–water partition coefficient (Wildman–Crippen LogP) is 0.494. The predicted molar refractivity (Wildman–Crippen MR) is 96.3 cm³/mol. The van der Waals surface area contributed by atoms with Crippen LogP contribution in [0.4, 0.5) is 0 Å². The van der Waals surface area contributed by atoms with Crippen LogP contribution in [0.2, 0.25) is 0 Å². The standard InChI is InChI=1S/C18H18N4O4/c1-3-9-20-16(23)21(10-4-2)18(25)22(17(20)24)11-12-26-15-7-5-14(13-19)6-8-15/h3-8H,1-2,9-12H2. The van der Waals surface area contributed by atoms with Gasteiger partial charge in [-0.1, -0.05) is 12.2 Å². The molecule has 8 nitrogen and oxygen atoms in total. The maximum absolute atomic E-state index is 12.4. The largest absolute Gasteiger partial charge is 0.492 e. The Hall–Kier alpha value is -3.60. The monoisotopic (exact) mass is 354 g/mol. The van der Waals surface area contributed by atoms with Crippen LogP contribution >= 0.6 is 0 Å². The zero-order valence-electron chi connectivity index (χ0n) is 14.1. The van der Waals surface area contributed by atoms with Crippen LogP contribution in [0.15, 0.2) is 64.0 Å². The summed E-state index contributed by atoms with van der Waals surface area (Å²) in [4.78, 5) is 37.1. The lowest BCUT2D eigenvalue weighted by molar-refractivity contribution is 0.286. The maximum atomic E-state index is 12.4. The van der Waals surface area contributed by atoms with E-state index in [-0.39, 0.29) is 26.2 Å². The lowest BCUT2D eigenvalue weighted by atomic mass is 10.2. The number of rotatable bonds is 8. The summed E-state index contributed by atoms with van der Waals surface area (Å²) in [5.41, 5.74) is -1.64. The molecule has 0 spiro atoms. The van der Waals surface area contributed by atoms with Gasteiger partial charge in [-0.3, -0.25) is 0 Å². The van der Waals surface area contributed by atoms with Crippen LogP contribution in [0.1, 0.15) is 5.56 Å². The Bertz CT molecular complexity index is 971. The summed E-state index contributed by atoms with van der Waals surface area (Å²) < 4.78 is 8.31. The summed E-state index contributed by atoms with van der Waals surface area (Å²) >= 11 is 0. The molecular formula is C18H18N4O4. The van der Waals surface area contributed by atoms with E-state index in [1.807, 2.05) is 6.07 Å². The molecule has 2 rings (SSSR count). The number of nitrogens with zero attached hydrogens (tertiary/aromatic N) is 4. The second-order valence-electron chi connectivity index (χ2n) is 5.28. The fraction of sp³-hybridized carbons (Fsp3) is 0.222. The number of aromatic nitrogens is 3. The third-order valence-corrected chi connectivity index (χ3v) is 3.58. The SMILES string of the molecule is C=CCn1c(=O)n(CC=C)c(=O)n(CCOc2ccc(C#N)cc2)c1=O. The van der Waals surface area contributed by atoms with Gasteiger partial charge in [0.15, 0.2) is 0 Å². The fourth-order valence-electron chi connectivity index (χ4n) is 2.32. The van der Waals surface area contributed by atoms with Crippen LogP contribution < -0.4 is 21.8 Å². The second-order valence-corrected chi connectivity index (χ2v) is 5.28. The van der Waals surface area contributed by atoms with Crippen LogP contribution in [-0.4, -0.2) is 20.3 Å². The molecule has 0 amide bonds. The highest BCUT2D eigenvalue weighted by molar-refractivity contribution is 5.34. The van der Waals surface area contributed by atoms with Gasteiger partial charge in [0, 0.05) is 0 Å². The van der Waals surface area contributed by atoms with Crippen molar-refractivity contribution >= 4 is 0 Å². The zero-order chi connectivity index (χ0) is 19.1. The molecule has 26 heavy (non-hydrogen) atoms. The highest BCUT2D eigenvalue weighted by atomic mass is 16.5. The van der Waals surface area contributed by atoms with Crippen molar-refractivity contribution in [1.82, 2.24) is 13.7 Å². The summed E-state index contributed by atoms with van der Waals surface area (Å²) in [7, 11) is 0. The molecule has 0 unspecified atom stereocenters. The van der Waals surface area contributed by atoms with Gasteiger partial charge in [-0.05, 0) is 24.3 Å². The minimum absolute atomic E-state index is 0.00836. The number of ether oxygens (including phenoxy) is 1. The Labute approximate surface area is 149 Å². The van der Waals surface area contributed by atoms with Gasteiger partial charge in [-0.2, -0.15) is 5.26 Å². The van der Waals surface area contributed by atoms with Crippen LogP contribution in [0, 0.1) is 11.3 Å². The van der Waals surface area contributed by atoms with Crippen molar-refractivity contribution < 1.29 is 4.74 Å². The Morgan fingerprint density at radius 2 is 1.42 bits per heavy atom. The summed E-state index contributed by atoms with van der Waals surface area (Å²) in [5.74, 6) is 0.503. The molecule has 0 saturated carbocycles. The minimum Gasteiger partial charge on any atom is -0.492 e. The molecule has 0 saturated heterocycles. The van der Waals surface area contributed by atoms with Crippen molar-refractivity contribution in [3.8, 4) is 11.8 Å². The Morgan fingerprint density at radius 3 is 1.88 bits per heavy atom. The van der Waals surface area contributed by atoms with Crippen molar-refractivity contribution in [3.63, 3.8) is 0 Å². The molecule has 1 aromatic heterocycles. The summed E-state index contributed by atoms with van der Waals surface area (Å²) in [6.45, 7) is 7.03. The molecule has 0 bridgehead atoms. The van der Waals surface area contributed by atoms with Gasteiger partial charge in [-0.15, -0.1) is 13.2 Å². The summed E-state index contributed by atoms with van der Waals surface area (Å²) in [5, 5.41) is 8.77. The van der Waals surface area contributed by atoms with Crippen LogP contribution in [0.25, 0.3) is 0 Å². The van der Waals surface area contributed by atoms with E-state index >= 15 is 0 Å². The van der Waals surface area contributed by atoms with Gasteiger partial charge in [-0.25, -0.2) is 28.1 Å². The van der Waals surface area contributed by atoms with E-state index in [0.29, 0.717) is 11.3 Å². The average molecular weight is 354 g/mol. The van der Waals surface area contributed by atoms with E-state index in [9.17, 15) is 14.4 Å². The number of nitriles is 1. The van der Waals surface area contributed by atoms with Gasteiger partial charge < -0.3 is 4.74 Å². The van der Waals surface area contributed by atoms with Crippen molar-refractivity contribution in [1.29, 1.82) is 5.26 Å². The van der Waals surface area contributed by atoms with Crippen molar-refractivity contribution in [2.45, 2.75) is 19.6 Å². The molecule has 2 aromatic rings. The molecule has 0 fully saturated rings. The van der Waals surface area contributed by atoms with E-state index < -0.39 is 17.1 Å².